The maximum atomic E-state index is 11.8. The number of halogens is 4. The predicted octanol–water partition coefficient (Wildman–Crippen LogP) is 3.84. The summed E-state index contributed by atoms with van der Waals surface area (Å²) in [4.78, 5) is 0. The van der Waals surface area contributed by atoms with Crippen LogP contribution in [0.3, 0.4) is 0 Å². The maximum absolute atomic E-state index is 11.8. The molecule has 0 unspecified atom stereocenters. The Balaban J connectivity index is 2.60. The van der Waals surface area contributed by atoms with Crippen molar-refractivity contribution in [3.63, 3.8) is 0 Å². The van der Waals surface area contributed by atoms with Crippen molar-refractivity contribution in [2.24, 2.45) is 0 Å². The first-order valence-corrected chi connectivity index (χ1v) is 4.01. The van der Waals surface area contributed by atoms with Gasteiger partial charge in [0.25, 0.3) is 0 Å². The van der Waals surface area contributed by atoms with E-state index in [0.717, 1.165) is 6.42 Å². The van der Waals surface area contributed by atoms with E-state index in [-0.39, 0.29) is 0 Å². The van der Waals surface area contributed by atoms with Crippen molar-refractivity contribution in [2.45, 2.75) is 12.6 Å². The van der Waals surface area contributed by atoms with E-state index in [2.05, 4.69) is 0 Å². The number of hydrogen-bond acceptors (Lipinski definition) is 0. The minimum atomic E-state index is -4.17. The number of hydrogen-bond donors (Lipinski definition) is 0. The van der Waals surface area contributed by atoms with E-state index in [1.807, 2.05) is 0 Å². The zero-order chi connectivity index (χ0) is 9.90. The Morgan fingerprint density at radius 2 is 1.85 bits per heavy atom. The Morgan fingerprint density at radius 1 is 1.23 bits per heavy atom. The SMILES string of the molecule is FC(F)(F)C[CH]c1ccccc1Cl. The minimum absolute atomic E-state index is 0.340. The van der Waals surface area contributed by atoms with E-state index in [0.29, 0.717) is 10.6 Å². The van der Waals surface area contributed by atoms with Crippen LogP contribution in [0.2, 0.25) is 5.02 Å². The molecule has 13 heavy (non-hydrogen) atoms. The van der Waals surface area contributed by atoms with E-state index >= 15 is 0 Å². The monoisotopic (exact) mass is 207 g/mol. The summed E-state index contributed by atoms with van der Waals surface area (Å²) in [6.45, 7) is 0. The van der Waals surface area contributed by atoms with Crippen LogP contribution in [0.4, 0.5) is 13.2 Å². The van der Waals surface area contributed by atoms with Gasteiger partial charge in [0.2, 0.25) is 0 Å². The Labute approximate surface area is 79.3 Å². The van der Waals surface area contributed by atoms with Crippen LogP contribution in [0.15, 0.2) is 24.3 Å². The quantitative estimate of drug-likeness (QED) is 0.691. The molecular weight excluding hydrogens is 201 g/mol. The summed E-state index contributed by atoms with van der Waals surface area (Å²) in [5.74, 6) is 0. The van der Waals surface area contributed by atoms with E-state index in [1.165, 1.54) is 0 Å². The summed E-state index contributed by atoms with van der Waals surface area (Å²) >= 11 is 5.65. The molecule has 4 heteroatoms. The maximum Gasteiger partial charge on any atom is 0.389 e. The first kappa shape index (κ1) is 10.4. The zero-order valence-corrected chi connectivity index (χ0v) is 7.36. The molecule has 1 radical (unpaired) electrons. The van der Waals surface area contributed by atoms with Gasteiger partial charge in [-0.25, -0.2) is 0 Å². The van der Waals surface area contributed by atoms with E-state index in [4.69, 9.17) is 11.6 Å². The Bertz CT molecular complexity index is 280. The molecule has 0 N–H and O–H groups in total. The van der Waals surface area contributed by atoms with Crippen molar-refractivity contribution in [1.29, 1.82) is 0 Å². The van der Waals surface area contributed by atoms with Gasteiger partial charge in [-0.2, -0.15) is 13.2 Å². The summed E-state index contributed by atoms with van der Waals surface area (Å²) < 4.78 is 35.4. The molecule has 0 fully saturated rings. The molecule has 71 valence electrons. The predicted molar refractivity (Wildman–Crippen MR) is 45.5 cm³/mol. The Kier molecular flexibility index (Phi) is 3.20. The van der Waals surface area contributed by atoms with Crippen molar-refractivity contribution in [3.8, 4) is 0 Å². The summed E-state index contributed by atoms with van der Waals surface area (Å²) in [6, 6.07) is 6.43. The fraction of sp³-hybridized carbons (Fsp3) is 0.222. The zero-order valence-electron chi connectivity index (χ0n) is 6.61. The third kappa shape index (κ3) is 3.68. The second kappa shape index (κ2) is 4.01. The Hall–Kier alpha value is -0.700. The highest BCUT2D eigenvalue weighted by Gasteiger charge is 2.26. The first-order valence-electron chi connectivity index (χ1n) is 3.63. The van der Waals surface area contributed by atoms with Crippen LogP contribution in [0.1, 0.15) is 12.0 Å². The molecule has 0 aliphatic carbocycles. The van der Waals surface area contributed by atoms with Gasteiger partial charge in [0.05, 0.1) is 6.42 Å². The molecule has 0 saturated heterocycles. The smallest absolute Gasteiger partial charge is 0.171 e. The van der Waals surface area contributed by atoms with Gasteiger partial charge < -0.3 is 0 Å². The van der Waals surface area contributed by atoms with Crippen LogP contribution in [0.5, 0.6) is 0 Å². The van der Waals surface area contributed by atoms with Crippen LogP contribution in [0, 0.1) is 6.42 Å². The summed E-state index contributed by atoms with van der Waals surface area (Å²) in [7, 11) is 0. The van der Waals surface area contributed by atoms with Crippen molar-refractivity contribution in [1.82, 2.24) is 0 Å². The van der Waals surface area contributed by atoms with Crippen LogP contribution in [0.25, 0.3) is 0 Å². The summed E-state index contributed by atoms with van der Waals surface area (Å²) in [6.07, 6.45) is -4.04. The highest BCUT2D eigenvalue weighted by atomic mass is 35.5. The molecule has 0 bridgehead atoms. The normalized spacial score (nSPS) is 11.7. The van der Waals surface area contributed by atoms with E-state index in [9.17, 15) is 13.2 Å². The average Bonchev–Trinajstić information content (AvgIpc) is 2.01. The molecule has 0 nitrogen and oxygen atoms in total. The molecule has 0 aromatic heterocycles. The van der Waals surface area contributed by atoms with Crippen LogP contribution in [-0.2, 0) is 0 Å². The standard InChI is InChI=1S/C9H7ClF3/c10-8-4-2-1-3-7(8)5-6-9(11,12)13/h1-5H,6H2. The molecule has 1 aromatic rings. The van der Waals surface area contributed by atoms with Gasteiger partial charge in [0.15, 0.2) is 0 Å². The van der Waals surface area contributed by atoms with Gasteiger partial charge in [0, 0.05) is 11.4 Å². The molecule has 1 aromatic carbocycles. The lowest BCUT2D eigenvalue weighted by Crippen LogP contribution is -2.07. The van der Waals surface area contributed by atoms with Gasteiger partial charge >= 0.3 is 6.18 Å². The lowest BCUT2D eigenvalue weighted by Gasteiger charge is -2.06. The van der Waals surface area contributed by atoms with Crippen molar-refractivity contribution >= 4 is 11.6 Å². The summed E-state index contributed by atoms with van der Waals surface area (Å²) in [5.41, 5.74) is 0.418. The van der Waals surface area contributed by atoms with Crippen LogP contribution < -0.4 is 0 Å². The van der Waals surface area contributed by atoms with Gasteiger partial charge in [-0.3, -0.25) is 0 Å². The van der Waals surface area contributed by atoms with Crippen molar-refractivity contribution in [3.05, 3.63) is 41.3 Å². The second-order valence-corrected chi connectivity index (χ2v) is 2.95. The molecule has 0 heterocycles. The minimum Gasteiger partial charge on any atom is -0.171 e. The Morgan fingerprint density at radius 3 is 2.38 bits per heavy atom. The molecule has 0 amide bonds. The fourth-order valence-electron chi connectivity index (χ4n) is 0.866. The average molecular weight is 208 g/mol. The molecular formula is C9H7ClF3. The topological polar surface area (TPSA) is 0 Å². The van der Waals surface area contributed by atoms with E-state index < -0.39 is 12.6 Å². The molecule has 0 aliphatic rings. The summed E-state index contributed by atoms with van der Waals surface area (Å²) in [5, 5.41) is 0.340. The lowest BCUT2D eigenvalue weighted by atomic mass is 10.1. The van der Waals surface area contributed by atoms with Crippen LogP contribution >= 0.6 is 11.6 Å². The highest BCUT2D eigenvalue weighted by molar-refractivity contribution is 6.31. The van der Waals surface area contributed by atoms with Crippen molar-refractivity contribution in [2.75, 3.05) is 0 Å². The molecule has 0 atom stereocenters. The second-order valence-electron chi connectivity index (χ2n) is 2.54. The molecule has 1 rings (SSSR count). The number of rotatable bonds is 2. The van der Waals surface area contributed by atoms with Crippen molar-refractivity contribution < 1.29 is 13.2 Å². The fourth-order valence-corrected chi connectivity index (χ4v) is 1.08. The van der Waals surface area contributed by atoms with Gasteiger partial charge in [0.1, 0.15) is 0 Å². The van der Waals surface area contributed by atoms with E-state index in [1.54, 1.807) is 24.3 Å². The highest BCUT2D eigenvalue weighted by Crippen LogP contribution is 2.26. The molecule has 0 saturated carbocycles. The number of benzene rings is 1. The third-order valence-corrected chi connectivity index (χ3v) is 1.80. The molecule has 0 spiro atoms. The van der Waals surface area contributed by atoms with Crippen LogP contribution in [-0.4, -0.2) is 6.18 Å². The third-order valence-electron chi connectivity index (χ3n) is 1.46. The van der Waals surface area contributed by atoms with Gasteiger partial charge in [-0.15, -0.1) is 0 Å². The molecule has 0 aliphatic heterocycles. The van der Waals surface area contributed by atoms with Gasteiger partial charge in [-0.1, -0.05) is 29.8 Å². The first-order chi connectivity index (χ1) is 5.99. The number of alkyl halides is 3. The lowest BCUT2D eigenvalue weighted by molar-refractivity contribution is -0.127. The van der Waals surface area contributed by atoms with Gasteiger partial charge in [-0.05, 0) is 11.6 Å². The largest absolute Gasteiger partial charge is 0.389 e.